The van der Waals surface area contributed by atoms with E-state index in [1.54, 1.807) is 18.4 Å². The number of nitrogens with one attached hydrogen (secondary N) is 1. The highest BCUT2D eigenvalue weighted by Gasteiger charge is 2.33. The van der Waals surface area contributed by atoms with Crippen LogP contribution >= 0.6 is 11.3 Å². The van der Waals surface area contributed by atoms with Gasteiger partial charge < -0.3 is 15.0 Å². The number of hydrogen-bond acceptors (Lipinski definition) is 6. The Balaban J connectivity index is 1.53. The number of carbonyl (C=O) groups excluding carboxylic acids is 2. The number of methoxy groups -OCH3 is 1. The summed E-state index contributed by atoms with van der Waals surface area (Å²) in [7, 11) is 1.71. The summed E-state index contributed by atoms with van der Waals surface area (Å²) in [5.74, 6) is 0.0505. The highest BCUT2D eigenvalue weighted by Crippen LogP contribution is 2.18. The average molecular weight is 381 g/mol. The third-order valence-electron chi connectivity index (χ3n) is 5.09. The topological polar surface area (TPSA) is 65.1 Å². The van der Waals surface area contributed by atoms with Gasteiger partial charge in [-0.2, -0.15) is 0 Å². The van der Waals surface area contributed by atoms with Crippen LogP contribution < -0.4 is 5.32 Å². The lowest BCUT2D eigenvalue weighted by Crippen LogP contribution is -2.57. The molecule has 26 heavy (non-hydrogen) atoms. The smallest absolute Gasteiger partial charge is 0.237 e. The summed E-state index contributed by atoms with van der Waals surface area (Å²) >= 11 is 1.69. The first kappa shape index (κ1) is 19.3. The maximum atomic E-state index is 12.8. The van der Waals surface area contributed by atoms with E-state index >= 15 is 0 Å². The molecule has 1 aromatic heterocycles. The van der Waals surface area contributed by atoms with E-state index in [9.17, 15) is 9.59 Å². The van der Waals surface area contributed by atoms with Crippen LogP contribution in [0.1, 0.15) is 11.3 Å². The van der Waals surface area contributed by atoms with Crippen molar-refractivity contribution in [1.29, 1.82) is 0 Å². The van der Waals surface area contributed by atoms with Crippen molar-refractivity contribution in [2.24, 2.45) is 0 Å². The zero-order chi connectivity index (χ0) is 18.4. The van der Waals surface area contributed by atoms with Crippen molar-refractivity contribution in [2.45, 2.75) is 19.0 Å². The zero-order valence-corrected chi connectivity index (χ0v) is 16.2. The Labute approximate surface area is 158 Å². The van der Waals surface area contributed by atoms with Gasteiger partial charge in [0, 0.05) is 64.3 Å². The Morgan fingerprint density at radius 3 is 2.81 bits per heavy atom. The molecule has 0 radical (unpaired) electrons. The second kappa shape index (κ2) is 9.45. The van der Waals surface area contributed by atoms with Crippen molar-refractivity contribution in [3.63, 3.8) is 0 Å². The summed E-state index contributed by atoms with van der Waals surface area (Å²) in [4.78, 5) is 32.7. The van der Waals surface area contributed by atoms with E-state index < -0.39 is 0 Å². The van der Waals surface area contributed by atoms with E-state index in [1.807, 2.05) is 16.3 Å². The molecule has 144 valence electrons. The first-order valence-corrected chi connectivity index (χ1v) is 10.1. The number of piperazine rings is 2. The average Bonchev–Trinajstić information content (AvgIpc) is 3.16. The molecular weight excluding hydrogens is 352 g/mol. The van der Waals surface area contributed by atoms with Crippen molar-refractivity contribution in [3.05, 3.63) is 22.4 Å². The Morgan fingerprint density at radius 2 is 2.12 bits per heavy atom. The summed E-state index contributed by atoms with van der Waals surface area (Å²) < 4.78 is 5.11. The molecule has 1 N–H and O–H groups in total. The molecule has 1 aromatic rings. The number of nitrogens with zero attached hydrogens (tertiary/aromatic N) is 3. The zero-order valence-electron chi connectivity index (χ0n) is 15.4. The predicted octanol–water partition coefficient (Wildman–Crippen LogP) is 0.229. The Hall–Kier alpha value is -1.48. The fourth-order valence-electron chi connectivity index (χ4n) is 3.51. The van der Waals surface area contributed by atoms with E-state index in [1.165, 1.54) is 4.88 Å². The lowest BCUT2D eigenvalue weighted by molar-refractivity contribution is -0.140. The maximum Gasteiger partial charge on any atom is 0.237 e. The first-order valence-electron chi connectivity index (χ1n) is 9.20. The van der Waals surface area contributed by atoms with Gasteiger partial charge in [0.2, 0.25) is 11.8 Å². The predicted molar refractivity (Wildman–Crippen MR) is 101 cm³/mol. The minimum Gasteiger partial charge on any atom is -0.383 e. The number of carbonyl (C=O) groups is 2. The second-order valence-corrected chi connectivity index (χ2v) is 7.81. The Bertz CT molecular complexity index is 587. The van der Waals surface area contributed by atoms with E-state index in [-0.39, 0.29) is 24.3 Å². The Kier molecular flexibility index (Phi) is 7.01. The van der Waals surface area contributed by atoms with Crippen LogP contribution in [-0.2, 0) is 20.9 Å². The van der Waals surface area contributed by atoms with Gasteiger partial charge in [0.25, 0.3) is 0 Å². The van der Waals surface area contributed by atoms with Crippen LogP contribution in [0.3, 0.4) is 0 Å². The molecule has 7 nitrogen and oxygen atoms in total. The third kappa shape index (κ3) is 5.03. The lowest BCUT2D eigenvalue weighted by atomic mass is 10.1. The van der Waals surface area contributed by atoms with Crippen molar-refractivity contribution in [2.75, 3.05) is 59.5 Å². The van der Waals surface area contributed by atoms with Gasteiger partial charge in [0.1, 0.15) is 0 Å². The molecule has 2 fully saturated rings. The molecule has 0 bridgehead atoms. The molecule has 0 saturated carbocycles. The van der Waals surface area contributed by atoms with E-state index in [0.717, 1.165) is 45.8 Å². The molecule has 1 atom stereocenters. The second-order valence-electron chi connectivity index (χ2n) is 6.78. The van der Waals surface area contributed by atoms with Crippen molar-refractivity contribution < 1.29 is 14.3 Å². The molecule has 0 aromatic carbocycles. The van der Waals surface area contributed by atoms with Gasteiger partial charge in [-0.25, -0.2) is 0 Å². The van der Waals surface area contributed by atoms with Crippen molar-refractivity contribution >= 4 is 23.2 Å². The van der Waals surface area contributed by atoms with Gasteiger partial charge in [-0.1, -0.05) is 6.07 Å². The molecule has 2 amide bonds. The van der Waals surface area contributed by atoms with Crippen LogP contribution in [0.4, 0.5) is 0 Å². The summed E-state index contributed by atoms with van der Waals surface area (Å²) in [6.07, 6.45) is 0.259. The monoisotopic (exact) mass is 380 g/mol. The fourth-order valence-corrected chi connectivity index (χ4v) is 4.24. The van der Waals surface area contributed by atoms with Crippen LogP contribution in [-0.4, -0.2) is 92.1 Å². The van der Waals surface area contributed by atoms with Crippen LogP contribution in [0, 0.1) is 0 Å². The number of rotatable bonds is 7. The van der Waals surface area contributed by atoms with Crippen LogP contribution in [0.25, 0.3) is 0 Å². The SMILES string of the molecule is COCCN1CCN(C(=O)C[C@H]2C(=O)NCCN2Cc2cccs2)CC1. The van der Waals surface area contributed by atoms with Crippen molar-refractivity contribution in [1.82, 2.24) is 20.0 Å². The Morgan fingerprint density at radius 1 is 1.31 bits per heavy atom. The largest absolute Gasteiger partial charge is 0.383 e. The van der Waals surface area contributed by atoms with Crippen LogP contribution in [0.15, 0.2) is 17.5 Å². The van der Waals surface area contributed by atoms with E-state index in [2.05, 4.69) is 21.2 Å². The summed E-state index contributed by atoms with van der Waals surface area (Å²) in [5, 5.41) is 4.95. The number of hydrogen-bond donors (Lipinski definition) is 1. The van der Waals surface area contributed by atoms with Gasteiger partial charge in [-0.15, -0.1) is 11.3 Å². The molecule has 2 aliphatic heterocycles. The van der Waals surface area contributed by atoms with Gasteiger partial charge in [-0.05, 0) is 11.4 Å². The molecule has 0 aliphatic carbocycles. The summed E-state index contributed by atoms with van der Waals surface area (Å²) in [6, 6.07) is 3.73. The number of thiophene rings is 1. The normalized spacial score (nSPS) is 22.4. The molecule has 3 heterocycles. The van der Waals surface area contributed by atoms with Gasteiger partial charge in [0.15, 0.2) is 0 Å². The van der Waals surface area contributed by atoms with Crippen LogP contribution in [0.5, 0.6) is 0 Å². The number of ether oxygens (including phenoxy) is 1. The summed E-state index contributed by atoms with van der Waals surface area (Å²) in [5.41, 5.74) is 0. The summed E-state index contributed by atoms with van der Waals surface area (Å²) in [6.45, 7) is 6.96. The highest BCUT2D eigenvalue weighted by molar-refractivity contribution is 7.09. The molecule has 2 saturated heterocycles. The maximum absolute atomic E-state index is 12.8. The molecule has 2 aliphatic rings. The van der Waals surface area contributed by atoms with Crippen LogP contribution in [0.2, 0.25) is 0 Å². The number of amides is 2. The quantitative estimate of drug-likeness (QED) is 0.734. The standard InChI is InChI=1S/C18H28N4O3S/c1-25-11-10-20-6-8-21(9-7-20)17(23)13-16-18(24)19-4-5-22(16)14-15-3-2-12-26-15/h2-3,12,16H,4-11,13-14H2,1H3,(H,19,24)/t16-/m0/s1. The van der Waals surface area contributed by atoms with Gasteiger partial charge in [0.05, 0.1) is 19.1 Å². The molecule has 3 rings (SSSR count). The minimum absolute atomic E-state index is 0.0279. The molecule has 0 spiro atoms. The first-order chi connectivity index (χ1) is 12.7. The highest BCUT2D eigenvalue weighted by atomic mass is 32.1. The molecular formula is C18H28N4O3S. The van der Waals surface area contributed by atoms with Gasteiger partial charge >= 0.3 is 0 Å². The third-order valence-corrected chi connectivity index (χ3v) is 5.95. The van der Waals surface area contributed by atoms with Crippen molar-refractivity contribution in [3.8, 4) is 0 Å². The van der Waals surface area contributed by atoms with E-state index in [0.29, 0.717) is 13.2 Å². The molecule has 0 unspecified atom stereocenters. The fraction of sp³-hybridized carbons (Fsp3) is 0.667. The minimum atomic E-state index is -0.370. The lowest BCUT2D eigenvalue weighted by Gasteiger charge is -2.38. The molecule has 8 heteroatoms. The van der Waals surface area contributed by atoms with E-state index in [4.69, 9.17) is 4.74 Å². The van der Waals surface area contributed by atoms with Gasteiger partial charge in [-0.3, -0.25) is 19.4 Å².